The number of aromatic nitrogens is 1. The highest BCUT2D eigenvalue weighted by molar-refractivity contribution is 5.74. The van der Waals surface area contributed by atoms with Crippen molar-refractivity contribution < 1.29 is 18.0 Å². The fourth-order valence-electron chi connectivity index (χ4n) is 1.17. The molecule has 0 unspecified atom stereocenters. The molecule has 94 valence electrons. The minimum atomic E-state index is -4.52. The highest BCUT2D eigenvalue weighted by atomic mass is 19.4. The number of hydrazine groups is 1. The van der Waals surface area contributed by atoms with Crippen molar-refractivity contribution in [3.05, 3.63) is 34.2 Å². The Bertz CT molecular complexity index is 467. The molecule has 0 radical (unpaired) electrons. The molecule has 1 aromatic rings. The number of hydrogen-bond acceptors (Lipinski definition) is 3. The topological polar surface area (TPSA) is 77.1 Å². The molecule has 1 amide bonds. The minimum absolute atomic E-state index is 0.161. The summed E-state index contributed by atoms with van der Waals surface area (Å²) in [5, 5.41) is 0. The van der Waals surface area contributed by atoms with Crippen LogP contribution in [0.5, 0.6) is 0 Å². The number of carbonyl (C=O) groups excluding carboxylic acids is 1. The number of carbonyl (C=O) groups is 1. The number of nitrogens with zero attached hydrogens (tertiary/aromatic N) is 1. The molecule has 0 bridgehead atoms. The Hall–Kier alpha value is -1.83. The summed E-state index contributed by atoms with van der Waals surface area (Å²) in [4.78, 5) is 22.0. The van der Waals surface area contributed by atoms with Gasteiger partial charge in [-0.3, -0.25) is 15.0 Å². The molecule has 0 atom stereocenters. The van der Waals surface area contributed by atoms with Crippen LogP contribution in [-0.2, 0) is 17.5 Å². The molecule has 0 aromatic carbocycles. The Labute approximate surface area is 94.0 Å². The summed E-state index contributed by atoms with van der Waals surface area (Å²) in [5.41, 5.74) is 0.275. The number of amides is 1. The van der Waals surface area contributed by atoms with Crippen LogP contribution in [0.2, 0.25) is 0 Å². The Balaban J connectivity index is 2.92. The van der Waals surface area contributed by atoms with Gasteiger partial charge < -0.3 is 4.57 Å². The number of nitrogens with one attached hydrogen (secondary N) is 1. The first-order valence-corrected chi connectivity index (χ1v) is 4.61. The maximum Gasteiger partial charge on any atom is 0.417 e. The number of hydrogen-bond donors (Lipinski definition) is 2. The van der Waals surface area contributed by atoms with Crippen LogP contribution in [-0.4, -0.2) is 10.5 Å². The molecule has 0 aliphatic rings. The van der Waals surface area contributed by atoms with Gasteiger partial charge in [0, 0.05) is 25.2 Å². The third kappa shape index (κ3) is 3.59. The first-order chi connectivity index (χ1) is 7.84. The van der Waals surface area contributed by atoms with Crippen molar-refractivity contribution in [2.45, 2.75) is 19.1 Å². The standard InChI is InChI=1S/C9H10F3N3O2/c10-9(11,12)6-1-2-8(17)15(5-6)4-3-7(16)14-13/h1-2,5H,3-4,13H2,(H,14,16). The number of pyridine rings is 1. The van der Waals surface area contributed by atoms with Crippen molar-refractivity contribution in [3.63, 3.8) is 0 Å². The summed E-state index contributed by atoms with van der Waals surface area (Å²) in [5.74, 6) is 4.25. The van der Waals surface area contributed by atoms with Gasteiger partial charge in [-0.25, -0.2) is 5.84 Å². The fourth-order valence-corrected chi connectivity index (χ4v) is 1.17. The van der Waals surface area contributed by atoms with Crippen LogP contribution in [0.25, 0.3) is 0 Å². The van der Waals surface area contributed by atoms with Gasteiger partial charge in [0.05, 0.1) is 5.56 Å². The normalized spacial score (nSPS) is 11.3. The second-order valence-electron chi connectivity index (χ2n) is 3.26. The zero-order valence-electron chi connectivity index (χ0n) is 8.62. The van der Waals surface area contributed by atoms with Gasteiger partial charge in [0.15, 0.2) is 0 Å². The van der Waals surface area contributed by atoms with E-state index >= 15 is 0 Å². The first kappa shape index (κ1) is 13.2. The molecule has 1 rings (SSSR count). The molecule has 3 N–H and O–H groups in total. The van der Waals surface area contributed by atoms with Crippen LogP contribution in [0.1, 0.15) is 12.0 Å². The van der Waals surface area contributed by atoms with Crippen LogP contribution in [0.15, 0.2) is 23.1 Å². The number of rotatable bonds is 3. The smallest absolute Gasteiger partial charge is 0.314 e. The van der Waals surface area contributed by atoms with Gasteiger partial charge in [-0.05, 0) is 6.07 Å². The summed E-state index contributed by atoms with van der Waals surface area (Å²) < 4.78 is 37.9. The second kappa shape index (κ2) is 5.00. The lowest BCUT2D eigenvalue weighted by Gasteiger charge is -2.10. The minimum Gasteiger partial charge on any atom is -0.314 e. The first-order valence-electron chi connectivity index (χ1n) is 4.61. The maximum absolute atomic E-state index is 12.3. The third-order valence-electron chi connectivity index (χ3n) is 2.05. The average Bonchev–Trinajstić information content (AvgIpc) is 2.26. The van der Waals surface area contributed by atoms with Gasteiger partial charge in [0.1, 0.15) is 0 Å². The lowest BCUT2D eigenvalue weighted by molar-refractivity contribution is -0.138. The zero-order valence-corrected chi connectivity index (χ0v) is 8.62. The van der Waals surface area contributed by atoms with Crippen molar-refractivity contribution >= 4 is 5.91 Å². The Morgan fingerprint density at radius 2 is 2.06 bits per heavy atom. The van der Waals surface area contributed by atoms with E-state index in [4.69, 9.17) is 5.84 Å². The quantitative estimate of drug-likeness (QED) is 0.458. The molecule has 17 heavy (non-hydrogen) atoms. The third-order valence-corrected chi connectivity index (χ3v) is 2.05. The number of nitrogens with two attached hydrogens (primary N) is 1. The van der Waals surface area contributed by atoms with Crippen molar-refractivity contribution in [2.75, 3.05) is 0 Å². The van der Waals surface area contributed by atoms with Gasteiger partial charge in [-0.15, -0.1) is 0 Å². The van der Waals surface area contributed by atoms with Crippen LogP contribution >= 0.6 is 0 Å². The van der Waals surface area contributed by atoms with Crippen molar-refractivity contribution in [3.8, 4) is 0 Å². The van der Waals surface area contributed by atoms with E-state index in [9.17, 15) is 22.8 Å². The molecule has 1 heterocycles. The molecule has 5 nitrogen and oxygen atoms in total. The molecule has 0 saturated heterocycles. The van der Waals surface area contributed by atoms with E-state index < -0.39 is 23.2 Å². The molecule has 1 aromatic heterocycles. The highest BCUT2D eigenvalue weighted by Crippen LogP contribution is 2.27. The van der Waals surface area contributed by atoms with Crippen molar-refractivity contribution in [2.24, 2.45) is 5.84 Å². The number of halogens is 3. The van der Waals surface area contributed by atoms with Gasteiger partial charge in [0.25, 0.3) is 5.56 Å². The maximum atomic E-state index is 12.3. The van der Waals surface area contributed by atoms with E-state index in [1.54, 1.807) is 0 Å². The zero-order chi connectivity index (χ0) is 13.1. The summed E-state index contributed by atoms with van der Waals surface area (Å²) in [7, 11) is 0. The van der Waals surface area contributed by atoms with Crippen LogP contribution < -0.4 is 16.8 Å². The summed E-state index contributed by atoms with van der Waals surface area (Å²) >= 11 is 0. The molecule has 8 heteroatoms. The predicted octanol–water partition coefficient (Wildman–Crippen LogP) is 0.247. The van der Waals surface area contributed by atoms with Crippen LogP contribution in [0.4, 0.5) is 13.2 Å². The fraction of sp³-hybridized carbons (Fsp3) is 0.333. The van der Waals surface area contributed by atoms with E-state index in [0.717, 1.165) is 10.6 Å². The van der Waals surface area contributed by atoms with Crippen molar-refractivity contribution in [1.29, 1.82) is 0 Å². The highest BCUT2D eigenvalue weighted by Gasteiger charge is 2.30. The summed E-state index contributed by atoms with van der Waals surface area (Å²) in [6.45, 7) is -0.161. The lowest BCUT2D eigenvalue weighted by atomic mass is 10.2. The van der Waals surface area contributed by atoms with Gasteiger partial charge in [-0.1, -0.05) is 0 Å². The molecular formula is C9H10F3N3O2. The molecule has 0 spiro atoms. The molecule has 0 fully saturated rings. The molecular weight excluding hydrogens is 239 g/mol. The van der Waals surface area contributed by atoms with Gasteiger partial charge in [0.2, 0.25) is 5.91 Å². The van der Waals surface area contributed by atoms with Gasteiger partial charge in [-0.2, -0.15) is 13.2 Å². The Morgan fingerprint density at radius 1 is 1.41 bits per heavy atom. The van der Waals surface area contributed by atoms with E-state index in [2.05, 4.69) is 0 Å². The molecule has 0 aliphatic carbocycles. The van der Waals surface area contributed by atoms with Crippen LogP contribution in [0.3, 0.4) is 0 Å². The summed E-state index contributed by atoms with van der Waals surface area (Å²) in [6, 6.07) is 1.50. The van der Waals surface area contributed by atoms with E-state index in [0.29, 0.717) is 12.3 Å². The molecule has 0 saturated carbocycles. The van der Waals surface area contributed by atoms with E-state index in [1.807, 2.05) is 5.43 Å². The second-order valence-corrected chi connectivity index (χ2v) is 3.26. The molecule has 0 aliphatic heterocycles. The van der Waals surface area contributed by atoms with Crippen LogP contribution in [0, 0.1) is 0 Å². The Morgan fingerprint density at radius 3 is 2.59 bits per heavy atom. The predicted molar refractivity (Wildman–Crippen MR) is 52.7 cm³/mol. The van der Waals surface area contributed by atoms with E-state index in [1.165, 1.54) is 0 Å². The number of alkyl halides is 3. The lowest BCUT2D eigenvalue weighted by Crippen LogP contribution is -2.32. The number of aryl methyl sites for hydroxylation is 1. The van der Waals surface area contributed by atoms with E-state index in [-0.39, 0.29) is 13.0 Å². The Kier molecular flexibility index (Phi) is 3.89. The monoisotopic (exact) mass is 249 g/mol. The largest absolute Gasteiger partial charge is 0.417 e. The van der Waals surface area contributed by atoms with Gasteiger partial charge >= 0.3 is 6.18 Å². The SMILES string of the molecule is NNC(=O)CCn1cc(C(F)(F)F)ccc1=O. The summed E-state index contributed by atoms with van der Waals surface area (Å²) in [6.07, 6.45) is -4.02. The van der Waals surface area contributed by atoms with Crippen molar-refractivity contribution in [1.82, 2.24) is 9.99 Å². The average molecular weight is 249 g/mol.